The normalized spacial score (nSPS) is 17.2. The van der Waals surface area contributed by atoms with Crippen LogP contribution in [0.25, 0.3) is 10.4 Å². The molecule has 1 fully saturated rings. The molecule has 1 aliphatic rings. The maximum atomic E-state index is 13.1. The molecule has 0 aliphatic carbocycles. The molecular formula is C21H23N5O3S. The summed E-state index contributed by atoms with van der Waals surface area (Å²) in [5.41, 5.74) is 1.67. The van der Waals surface area contributed by atoms with Crippen LogP contribution in [0.2, 0.25) is 0 Å². The summed E-state index contributed by atoms with van der Waals surface area (Å²) in [6.45, 7) is 3.68. The summed E-state index contributed by atoms with van der Waals surface area (Å²) in [5.74, 6) is -0.714. The fourth-order valence-corrected chi connectivity index (χ4v) is 4.48. The first-order valence-electron chi connectivity index (χ1n) is 9.90. The van der Waals surface area contributed by atoms with Crippen molar-refractivity contribution in [1.29, 1.82) is 0 Å². The van der Waals surface area contributed by atoms with Crippen molar-refractivity contribution in [1.82, 2.24) is 25.0 Å². The number of carbonyl (C=O) groups is 2. The minimum absolute atomic E-state index is 0.0311. The summed E-state index contributed by atoms with van der Waals surface area (Å²) in [6, 6.07) is 12.3. The molecule has 1 unspecified atom stereocenters. The zero-order valence-electron chi connectivity index (χ0n) is 16.6. The van der Waals surface area contributed by atoms with Crippen molar-refractivity contribution in [3.8, 4) is 10.4 Å². The fraction of sp³-hybridized carbons (Fsp3) is 0.333. The van der Waals surface area contributed by atoms with E-state index >= 15 is 0 Å². The number of benzene rings is 1. The molecule has 3 heterocycles. The first kappa shape index (κ1) is 20.1. The second-order valence-electron chi connectivity index (χ2n) is 7.27. The first-order chi connectivity index (χ1) is 14.5. The Kier molecular flexibility index (Phi) is 5.80. The van der Waals surface area contributed by atoms with Crippen LogP contribution >= 0.6 is 11.3 Å². The predicted octanol–water partition coefficient (Wildman–Crippen LogP) is 1.99. The van der Waals surface area contributed by atoms with E-state index in [2.05, 4.69) is 33.4 Å². The maximum absolute atomic E-state index is 13.1. The zero-order valence-corrected chi connectivity index (χ0v) is 17.4. The summed E-state index contributed by atoms with van der Waals surface area (Å²) >= 11 is 1.69. The Labute approximate surface area is 177 Å². The number of rotatable bonds is 5. The van der Waals surface area contributed by atoms with Crippen LogP contribution in [0.1, 0.15) is 23.1 Å². The number of likely N-dealkylation sites (N-methyl/N-ethyl adjacent to an activating group) is 1. The van der Waals surface area contributed by atoms with Crippen molar-refractivity contribution in [3.63, 3.8) is 0 Å². The third-order valence-corrected chi connectivity index (χ3v) is 6.27. The van der Waals surface area contributed by atoms with E-state index in [0.717, 1.165) is 11.1 Å². The molecule has 30 heavy (non-hydrogen) atoms. The summed E-state index contributed by atoms with van der Waals surface area (Å²) < 4.78 is 0. The van der Waals surface area contributed by atoms with Gasteiger partial charge in [-0.2, -0.15) is 0 Å². The second-order valence-corrected chi connectivity index (χ2v) is 8.22. The van der Waals surface area contributed by atoms with Crippen molar-refractivity contribution in [2.24, 2.45) is 5.92 Å². The lowest BCUT2D eigenvalue weighted by atomic mass is 9.96. The van der Waals surface area contributed by atoms with Crippen LogP contribution in [0.5, 0.6) is 0 Å². The van der Waals surface area contributed by atoms with Gasteiger partial charge in [-0.1, -0.05) is 30.3 Å². The van der Waals surface area contributed by atoms with Crippen LogP contribution in [0, 0.1) is 5.92 Å². The SMILES string of the molecule is CCN1CCN(C(=O)c2n[nH]c(=O)[nH]2)CC(Cc2ccc(-c3cccs3)cc2)C1=O. The van der Waals surface area contributed by atoms with Gasteiger partial charge in [0.1, 0.15) is 0 Å². The minimum atomic E-state index is -0.526. The average molecular weight is 426 g/mol. The number of H-pyrrole nitrogens is 2. The third-order valence-electron chi connectivity index (χ3n) is 5.36. The Bertz CT molecular complexity index is 1070. The van der Waals surface area contributed by atoms with Crippen molar-refractivity contribution < 1.29 is 9.59 Å². The summed E-state index contributed by atoms with van der Waals surface area (Å²) in [5, 5.41) is 8.00. The van der Waals surface area contributed by atoms with Crippen LogP contribution in [-0.2, 0) is 11.2 Å². The number of aromatic amines is 2. The lowest BCUT2D eigenvalue weighted by Gasteiger charge is -2.23. The molecule has 8 nitrogen and oxygen atoms in total. The van der Waals surface area contributed by atoms with Gasteiger partial charge in [-0.25, -0.2) is 9.89 Å². The van der Waals surface area contributed by atoms with Gasteiger partial charge in [0.2, 0.25) is 11.7 Å². The summed E-state index contributed by atoms with van der Waals surface area (Å²) in [6.07, 6.45) is 0.543. The van der Waals surface area contributed by atoms with Crippen LogP contribution in [0.4, 0.5) is 0 Å². The molecule has 1 atom stereocenters. The predicted molar refractivity (Wildman–Crippen MR) is 114 cm³/mol. The molecule has 2 N–H and O–H groups in total. The number of hydrogen-bond donors (Lipinski definition) is 2. The number of amides is 2. The van der Waals surface area contributed by atoms with E-state index < -0.39 is 5.69 Å². The minimum Gasteiger partial charge on any atom is -0.341 e. The van der Waals surface area contributed by atoms with E-state index in [9.17, 15) is 14.4 Å². The van der Waals surface area contributed by atoms with Crippen molar-refractivity contribution in [2.45, 2.75) is 13.3 Å². The van der Waals surface area contributed by atoms with Gasteiger partial charge in [0, 0.05) is 31.1 Å². The molecule has 1 saturated heterocycles. The van der Waals surface area contributed by atoms with Crippen LogP contribution < -0.4 is 5.69 Å². The molecule has 0 spiro atoms. The maximum Gasteiger partial charge on any atom is 0.341 e. The smallest absolute Gasteiger partial charge is 0.341 e. The molecule has 2 aromatic heterocycles. The van der Waals surface area contributed by atoms with E-state index in [1.807, 2.05) is 30.5 Å². The number of thiophene rings is 1. The lowest BCUT2D eigenvalue weighted by Crippen LogP contribution is -2.38. The molecule has 0 bridgehead atoms. The largest absolute Gasteiger partial charge is 0.341 e. The quantitative estimate of drug-likeness (QED) is 0.653. The topological polar surface area (TPSA) is 102 Å². The number of nitrogens with zero attached hydrogens (tertiary/aromatic N) is 3. The van der Waals surface area contributed by atoms with Gasteiger partial charge in [0.25, 0.3) is 5.91 Å². The fourth-order valence-electron chi connectivity index (χ4n) is 3.75. The molecule has 9 heteroatoms. The van der Waals surface area contributed by atoms with Gasteiger partial charge in [-0.15, -0.1) is 16.4 Å². The van der Waals surface area contributed by atoms with Crippen LogP contribution in [0.3, 0.4) is 0 Å². The average Bonchev–Trinajstić information content (AvgIpc) is 3.41. The van der Waals surface area contributed by atoms with Gasteiger partial charge in [-0.05, 0) is 35.9 Å². The van der Waals surface area contributed by atoms with Gasteiger partial charge >= 0.3 is 5.69 Å². The molecule has 2 amide bonds. The molecule has 0 radical (unpaired) electrons. The van der Waals surface area contributed by atoms with E-state index in [-0.39, 0.29) is 30.1 Å². The van der Waals surface area contributed by atoms with Gasteiger partial charge < -0.3 is 9.80 Å². The molecule has 156 valence electrons. The molecule has 3 aromatic rings. The van der Waals surface area contributed by atoms with Gasteiger partial charge in [0.05, 0.1) is 5.92 Å². The Morgan fingerprint density at radius 2 is 2.00 bits per heavy atom. The lowest BCUT2D eigenvalue weighted by molar-refractivity contribution is -0.134. The monoisotopic (exact) mass is 425 g/mol. The summed E-state index contributed by atoms with van der Waals surface area (Å²) in [4.78, 5) is 44.1. The third kappa shape index (κ3) is 4.20. The number of carbonyl (C=O) groups excluding carboxylic acids is 2. The molecule has 0 saturated carbocycles. The molecule has 1 aliphatic heterocycles. The summed E-state index contributed by atoms with van der Waals surface area (Å²) in [7, 11) is 0. The van der Waals surface area contributed by atoms with E-state index in [1.165, 1.54) is 4.88 Å². The highest BCUT2D eigenvalue weighted by Crippen LogP contribution is 2.26. The highest BCUT2D eigenvalue weighted by Gasteiger charge is 2.32. The van der Waals surface area contributed by atoms with Crippen molar-refractivity contribution in [2.75, 3.05) is 26.2 Å². The van der Waals surface area contributed by atoms with Gasteiger partial charge in [-0.3, -0.25) is 14.6 Å². The Hall–Kier alpha value is -3.20. The van der Waals surface area contributed by atoms with Crippen molar-refractivity contribution in [3.05, 3.63) is 63.7 Å². The van der Waals surface area contributed by atoms with Crippen LogP contribution in [0.15, 0.2) is 46.6 Å². The molecule has 4 rings (SSSR count). The second kappa shape index (κ2) is 8.66. The number of hydrogen-bond acceptors (Lipinski definition) is 5. The number of aromatic nitrogens is 3. The van der Waals surface area contributed by atoms with Gasteiger partial charge in [0.15, 0.2) is 0 Å². The van der Waals surface area contributed by atoms with E-state index in [4.69, 9.17) is 0 Å². The van der Waals surface area contributed by atoms with Crippen LogP contribution in [-0.4, -0.2) is 63.0 Å². The first-order valence-corrected chi connectivity index (χ1v) is 10.8. The zero-order chi connectivity index (χ0) is 21.1. The Morgan fingerprint density at radius 3 is 2.63 bits per heavy atom. The molecular weight excluding hydrogens is 402 g/mol. The Morgan fingerprint density at radius 1 is 1.20 bits per heavy atom. The highest BCUT2D eigenvalue weighted by atomic mass is 32.1. The standard InChI is InChI=1S/C21H23N5O3S/c1-2-25-9-10-26(20(28)18-22-21(29)24-23-18)13-16(19(25)27)12-14-5-7-15(8-6-14)17-4-3-11-30-17/h3-8,11,16H,2,9-10,12-13H2,1H3,(H2,22,23,24,29). The molecule has 1 aromatic carbocycles. The van der Waals surface area contributed by atoms with E-state index in [1.54, 1.807) is 21.1 Å². The highest BCUT2D eigenvalue weighted by molar-refractivity contribution is 7.13. The number of nitrogens with one attached hydrogen (secondary N) is 2. The van der Waals surface area contributed by atoms with Crippen molar-refractivity contribution >= 4 is 23.2 Å². The van der Waals surface area contributed by atoms with E-state index in [0.29, 0.717) is 26.1 Å². The Balaban J connectivity index is 1.53.